The molecule has 1 amide bonds. The van der Waals surface area contributed by atoms with E-state index in [4.69, 9.17) is 18.0 Å². The lowest BCUT2D eigenvalue weighted by atomic mass is 10.2. The second-order valence-electron chi connectivity index (χ2n) is 4.07. The zero-order chi connectivity index (χ0) is 12.3. The molecule has 90 valence electrons. The first-order valence-corrected chi connectivity index (χ1v) is 5.93. The molecule has 6 heteroatoms. The largest absolute Gasteiger partial charge is 0.393 e. The molecule has 1 fully saturated rings. The highest BCUT2D eigenvalue weighted by atomic mass is 32.1. The van der Waals surface area contributed by atoms with Gasteiger partial charge in [0.05, 0.1) is 10.6 Å². The standard InChI is InChI=1S/C11H14N4OS/c12-10(17)3-4-15(9-1-2-9)11(16)8-5-13-7-14-6-8/h5-7,9H,1-4H2,(H2,12,17). The minimum atomic E-state index is -0.0376. The van der Waals surface area contributed by atoms with Crippen LogP contribution in [0.1, 0.15) is 29.6 Å². The summed E-state index contributed by atoms with van der Waals surface area (Å²) in [7, 11) is 0. The molecule has 0 spiro atoms. The summed E-state index contributed by atoms with van der Waals surface area (Å²) in [4.78, 5) is 22.2. The molecule has 0 bridgehead atoms. The van der Waals surface area contributed by atoms with Crippen molar-refractivity contribution in [2.75, 3.05) is 6.54 Å². The van der Waals surface area contributed by atoms with Gasteiger partial charge in [-0.15, -0.1) is 0 Å². The number of hydrogen-bond donors (Lipinski definition) is 1. The van der Waals surface area contributed by atoms with Gasteiger partial charge < -0.3 is 10.6 Å². The number of carbonyl (C=O) groups excluding carboxylic acids is 1. The van der Waals surface area contributed by atoms with Gasteiger partial charge in [-0.25, -0.2) is 9.97 Å². The van der Waals surface area contributed by atoms with Crippen LogP contribution in [-0.4, -0.2) is 38.4 Å². The number of rotatable bonds is 5. The van der Waals surface area contributed by atoms with Crippen molar-refractivity contribution in [3.63, 3.8) is 0 Å². The number of nitrogens with two attached hydrogens (primary N) is 1. The molecule has 2 N–H and O–H groups in total. The van der Waals surface area contributed by atoms with Crippen molar-refractivity contribution >= 4 is 23.1 Å². The summed E-state index contributed by atoms with van der Waals surface area (Å²) in [5, 5.41) is 0. The lowest BCUT2D eigenvalue weighted by molar-refractivity contribution is 0.0747. The monoisotopic (exact) mass is 250 g/mol. The summed E-state index contributed by atoms with van der Waals surface area (Å²) in [5.41, 5.74) is 5.98. The molecule has 1 aromatic rings. The smallest absolute Gasteiger partial charge is 0.257 e. The van der Waals surface area contributed by atoms with Crippen molar-refractivity contribution in [1.29, 1.82) is 0 Å². The molecular weight excluding hydrogens is 236 g/mol. The van der Waals surface area contributed by atoms with Gasteiger partial charge in [0, 0.05) is 31.4 Å². The Balaban J connectivity index is 2.05. The number of amides is 1. The lowest BCUT2D eigenvalue weighted by Gasteiger charge is -2.21. The molecule has 0 aromatic carbocycles. The number of carbonyl (C=O) groups is 1. The van der Waals surface area contributed by atoms with Crippen LogP contribution in [0.25, 0.3) is 0 Å². The highest BCUT2D eigenvalue weighted by molar-refractivity contribution is 7.80. The Morgan fingerprint density at radius 1 is 1.47 bits per heavy atom. The normalized spacial score (nSPS) is 14.4. The van der Waals surface area contributed by atoms with E-state index in [2.05, 4.69) is 9.97 Å². The molecule has 0 atom stereocenters. The fourth-order valence-corrected chi connectivity index (χ4v) is 1.73. The highest BCUT2D eigenvalue weighted by Crippen LogP contribution is 2.28. The summed E-state index contributed by atoms with van der Waals surface area (Å²) in [6, 6.07) is 0.331. The third kappa shape index (κ3) is 3.20. The molecule has 0 saturated heterocycles. The molecule has 5 nitrogen and oxygen atoms in total. The first kappa shape index (κ1) is 11.9. The number of aromatic nitrogens is 2. The SMILES string of the molecule is NC(=S)CCN(C(=O)c1cncnc1)C1CC1. The molecule has 2 rings (SSSR count). The van der Waals surface area contributed by atoms with E-state index >= 15 is 0 Å². The van der Waals surface area contributed by atoms with Crippen LogP contribution in [0.4, 0.5) is 0 Å². The first-order valence-electron chi connectivity index (χ1n) is 5.53. The first-order chi connectivity index (χ1) is 8.18. The quantitative estimate of drug-likeness (QED) is 0.781. The molecule has 0 radical (unpaired) electrons. The Labute approximate surface area is 105 Å². The van der Waals surface area contributed by atoms with E-state index in [0.29, 0.717) is 29.6 Å². The van der Waals surface area contributed by atoms with Crippen LogP contribution in [0.3, 0.4) is 0 Å². The molecule has 1 saturated carbocycles. The van der Waals surface area contributed by atoms with Gasteiger partial charge in [0.15, 0.2) is 0 Å². The van der Waals surface area contributed by atoms with E-state index in [-0.39, 0.29) is 5.91 Å². The van der Waals surface area contributed by atoms with Gasteiger partial charge in [-0.1, -0.05) is 12.2 Å². The maximum absolute atomic E-state index is 12.2. The van der Waals surface area contributed by atoms with Gasteiger partial charge in [-0.3, -0.25) is 4.79 Å². The van der Waals surface area contributed by atoms with E-state index in [9.17, 15) is 4.79 Å². The van der Waals surface area contributed by atoms with Crippen molar-refractivity contribution in [1.82, 2.24) is 14.9 Å². The summed E-state index contributed by atoms with van der Waals surface area (Å²) < 4.78 is 0. The van der Waals surface area contributed by atoms with Gasteiger partial charge in [-0.05, 0) is 12.8 Å². The molecule has 1 aliphatic rings. The Hall–Kier alpha value is -1.56. The lowest BCUT2D eigenvalue weighted by Crippen LogP contribution is -2.35. The summed E-state index contributed by atoms with van der Waals surface area (Å²) in [5.74, 6) is -0.0376. The van der Waals surface area contributed by atoms with Crippen LogP contribution in [0.2, 0.25) is 0 Å². The minimum Gasteiger partial charge on any atom is -0.393 e. The summed E-state index contributed by atoms with van der Waals surface area (Å²) in [6.07, 6.45) is 7.14. The van der Waals surface area contributed by atoms with E-state index in [1.807, 2.05) is 4.90 Å². The molecule has 1 aliphatic carbocycles. The number of thiocarbonyl (C=S) groups is 1. The Bertz CT molecular complexity index is 419. The van der Waals surface area contributed by atoms with Gasteiger partial charge in [0.1, 0.15) is 6.33 Å². The van der Waals surface area contributed by atoms with Crippen molar-refractivity contribution in [3.8, 4) is 0 Å². The van der Waals surface area contributed by atoms with Crippen molar-refractivity contribution in [3.05, 3.63) is 24.3 Å². The third-order valence-corrected chi connectivity index (χ3v) is 2.86. The van der Waals surface area contributed by atoms with Crippen LogP contribution >= 0.6 is 12.2 Å². The zero-order valence-electron chi connectivity index (χ0n) is 9.37. The van der Waals surface area contributed by atoms with E-state index in [1.165, 1.54) is 18.7 Å². The summed E-state index contributed by atoms with van der Waals surface area (Å²) >= 11 is 4.84. The fraction of sp³-hybridized carbons (Fsp3) is 0.455. The molecule has 1 heterocycles. The molecule has 17 heavy (non-hydrogen) atoms. The van der Waals surface area contributed by atoms with Gasteiger partial charge >= 0.3 is 0 Å². The van der Waals surface area contributed by atoms with Crippen molar-refractivity contribution in [2.45, 2.75) is 25.3 Å². The second-order valence-corrected chi connectivity index (χ2v) is 4.60. The maximum Gasteiger partial charge on any atom is 0.257 e. The number of hydrogen-bond acceptors (Lipinski definition) is 4. The predicted molar refractivity (Wildman–Crippen MR) is 67.5 cm³/mol. The average Bonchev–Trinajstić information content (AvgIpc) is 3.14. The van der Waals surface area contributed by atoms with E-state index in [1.54, 1.807) is 0 Å². The second kappa shape index (κ2) is 5.18. The average molecular weight is 250 g/mol. The molecular formula is C11H14N4OS. The van der Waals surface area contributed by atoms with Crippen LogP contribution in [0.15, 0.2) is 18.7 Å². The van der Waals surface area contributed by atoms with Crippen LogP contribution < -0.4 is 5.73 Å². The Morgan fingerprint density at radius 2 is 2.12 bits per heavy atom. The predicted octanol–water partition coefficient (Wildman–Crippen LogP) is 0.757. The Kier molecular flexibility index (Phi) is 3.63. The van der Waals surface area contributed by atoms with Crippen molar-refractivity contribution < 1.29 is 4.79 Å². The van der Waals surface area contributed by atoms with E-state index in [0.717, 1.165) is 12.8 Å². The van der Waals surface area contributed by atoms with Crippen molar-refractivity contribution in [2.24, 2.45) is 5.73 Å². The van der Waals surface area contributed by atoms with Crippen LogP contribution in [0, 0.1) is 0 Å². The van der Waals surface area contributed by atoms with Gasteiger partial charge in [0.25, 0.3) is 5.91 Å². The molecule has 1 aromatic heterocycles. The van der Waals surface area contributed by atoms with E-state index < -0.39 is 0 Å². The fourth-order valence-electron chi connectivity index (χ4n) is 1.64. The van der Waals surface area contributed by atoms with Crippen LogP contribution in [-0.2, 0) is 0 Å². The Morgan fingerprint density at radius 3 is 2.65 bits per heavy atom. The minimum absolute atomic E-state index is 0.0376. The highest BCUT2D eigenvalue weighted by Gasteiger charge is 2.32. The third-order valence-electron chi connectivity index (χ3n) is 2.66. The maximum atomic E-state index is 12.2. The zero-order valence-corrected chi connectivity index (χ0v) is 10.2. The van der Waals surface area contributed by atoms with Gasteiger partial charge in [-0.2, -0.15) is 0 Å². The molecule has 0 unspecified atom stereocenters. The topological polar surface area (TPSA) is 72.1 Å². The van der Waals surface area contributed by atoms with Gasteiger partial charge in [0.2, 0.25) is 0 Å². The van der Waals surface area contributed by atoms with Crippen LogP contribution in [0.5, 0.6) is 0 Å². The number of nitrogens with zero attached hydrogens (tertiary/aromatic N) is 3. The summed E-state index contributed by atoms with van der Waals surface area (Å²) in [6.45, 7) is 0.577. The molecule has 0 aliphatic heterocycles.